The molecule has 0 radical (unpaired) electrons. The SMILES string of the molecule is Cc1ccc(N2CCC(N(C)C)CC2)c(CNC(=O)C2CCCC2)c1. The van der Waals surface area contributed by atoms with Crippen LogP contribution in [0.25, 0.3) is 0 Å². The molecule has 0 spiro atoms. The molecule has 1 aromatic rings. The van der Waals surface area contributed by atoms with Gasteiger partial charge in [-0.15, -0.1) is 0 Å². The fraction of sp³-hybridized carbons (Fsp3) is 0.667. The maximum Gasteiger partial charge on any atom is 0.223 e. The van der Waals surface area contributed by atoms with E-state index in [9.17, 15) is 4.79 Å². The van der Waals surface area contributed by atoms with Crippen molar-refractivity contribution >= 4 is 11.6 Å². The summed E-state index contributed by atoms with van der Waals surface area (Å²) < 4.78 is 0. The molecule has 25 heavy (non-hydrogen) atoms. The smallest absolute Gasteiger partial charge is 0.223 e. The van der Waals surface area contributed by atoms with Crippen molar-refractivity contribution in [3.63, 3.8) is 0 Å². The average molecular weight is 344 g/mol. The molecule has 1 saturated heterocycles. The summed E-state index contributed by atoms with van der Waals surface area (Å²) in [6, 6.07) is 7.35. The van der Waals surface area contributed by atoms with Gasteiger partial charge >= 0.3 is 0 Å². The Balaban J connectivity index is 1.65. The van der Waals surface area contributed by atoms with Gasteiger partial charge in [-0.05, 0) is 58.3 Å². The summed E-state index contributed by atoms with van der Waals surface area (Å²) in [7, 11) is 4.35. The molecule has 1 saturated carbocycles. The molecule has 0 atom stereocenters. The molecule has 1 N–H and O–H groups in total. The summed E-state index contributed by atoms with van der Waals surface area (Å²) >= 11 is 0. The van der Waals surface area contributed by atoms with E-state index in [0.717, 1.165) is 25.9 Å². The van der Waals surface area contributed by atoms with E-state index in [-0.39, 0.29) is 11.8 Å². The highest BCUT2D eigenvalue weighted by Crippen LogP contribution is 2.28. The van der Waals surface area contributed by atoms with Crippen LogP contribution in [-0.4, -0.2) is 44.0 Å². The van der Waals surface area contributed by atoms with Crippen molar-refractivity contribution in [2.45, 2.75) is 58.0 Å². The van der Waals surface area contributed by atoms with Crippen molar-refractivity contribution in [2.24, 2.45) is 5.92 Å². The van der Waals surface area contributed by atoms with Crippen molar-refractivity contribution in [2.75, 3.05) is 32.1 Å². The normalized spacial score (nSPS) is 19.6. The second-order valence-corrected chi connectivity index (χ2v) is 8.01. The Morgan fingerprint density at radius 3 is 2.48 bits per heavy atom. The van der Waals surface area contributed by atoms with Crippen LogP contribution in [0.2, 0.25) is 0 Å². The molecule has 2 fully saturated rings. The van der Waals surface area contributed by atoms with Gasteiger partial charge in [0.2, 0.25) is 5.91 Å². The fourth-order valence-corrected chi connectivity index (χ4v) is 4.30. The van der Waals surface area contributed by atoms with Crippen molar-refractivity contribution < 1.29 is 4.79 Å². The molecule has 4 nitrogen and oxygen atoms in total. The summed E-state index contributed by atoms with van der Waals surface area (Å²) in [6.45, 7) is 4.97. The van der Waals surface area contributed by atoms with Crippen LogP contribution in [0, 0.1) is 12.8 Å². The van der Waals surface area contributed by atoms with Crippen molar-refractivity contribution in [1.82, 2.24) is 10.2 Å². The minimum atomic E-state index is 0.240. The molecule has 1 amide bonds. The third-order valence-corrected chi connectivity index (χ3v) is 5.95. The van der Waals surface area contributed by atoms with E-state index in [1.54, 1.807) is 0 Å². The summed E-state index contributed by atoms with van der Waals surface area (Å²) in [5.74, 6) is 0.486. The highest BCUT2D eigenvalue weighted by Gasteiger charge is 2.24. The summed E-state index contributed by atoms with van der Waals surface area (Å²) in [5.41, 5.74) is 3.82. The van der Waals surface area contributed by atoms with Gasteiger partial charge in [0.25, 0.3) is 0 Å². The lowest BCUT2D eigenvalue weighted by Crippen LogP contribution is -2.42. The lowest BCUT2D eigenvalue weighted by atomic mass is 10.0. The number of anilines is 1. The second-order valence-electron chi connectivity index (χ2n) is 8.01. The van der Waals surface area contributed by atoms with Gasteiger partial charge in [-0.3, -0.25) is 4.79 Å². The number of piperidine rings is 1. The van der Waals surface area contributed by atoms with Gasteiger partial charge in [0.05, 0.1) is 0 Å². The van der Waals surface area contributed by atoms with Gasteiger partial charge in [-0.25, -0.2) is 0 Å². The number of aryl methyl sites for hydroxylation is 1. The van der Waals surface area contributed by atoms with Crippen LogP contribution in [0.3, 0.4) is 0 Å². The Labute approximate surface area is 152 Å². The van der Waals surface area contributed by atoms with E-state index in [4.69, 9.17) is 0 Å². The van der Waals surface area contributed by atoms with Crippen LogP contribution in [0.5, 0.6) is 0 Å². The minimum absolute atomic E-state index is 0.240. The third-order valence-electron chi connectivity index (χ3n) is 5.95. The van der Waals surface area contributed by atoms with Gasteiger partial charge in [-0.2, -0.15) is 0 Å². The average Bonchev–Trinajstić information content (AvgIpc) is 3.14. The Kier molecular flexibility index (Phi) is 6.00. The van der Waals surface area contributed by atoms with E-state index in [1.807, 2.05) is 0 Å². The first-order valence-electron chi connectivity index (χ1n) is 9.83. The molecule has 138 valence electrons. The van der Waals surface area contributed by atoms with E-state index in [1.165, 1.54) is 42.5 Å². The Morgan fingerprint density at radius 1 is 1.16 bits per heavy atom. The molecule has 1 aromatic carbocycles. The molecule has 1 aliphatic carbocycles. The van der Waals surface area contributed by atoms with Crippen LogP contribution in [0.15, 0.2) is 18.2 Å². The van der Waals surface area contributed by atoms with E-state index >= 15 is 0 Å². The molecule has 0 aromatic heterocycles. The van der Waals surface area contributed by atoms with E-state index in [2.05, 4.69) is 54.3 Å². The number of rotatable bonds is 5. The zero-order chi connectivity index (χ0) is 17.8. The Bertz CT molecular complexity index is 585. The minimum Gasteiger partial charge on any atom is -0.371 e. The second kappa shape index (κ2) is 8.22. The number of carbonyl (C=O) groups is 1. The monoisotopic (exact) mass is 343 g/mol. The van der Waals surface area contributed by atoms with Crippen LogP contribution < -0.4 is 10.2 Å². The summed E-state index contributed by atoms with van der Waals surface area (Å²) in [5, 5.41) is 3.20. The summed E-state index contributed by atoms with van der Waals surface area (Å²) in [4.78, 5) is 17.2. The predicted octanol–water partition coefficient (Wildman–Crippen LogP) is 3.33. The van der Waals surface area contributed by atoms with Crippen LogP contribution in [0.4, 0.5) is 5.69 Å². The maximum absolute atomic E-state index is 12.4. The maximum atomic E-state index is 12.4. The molecular weight excluding hydrogens is 310 g/mol. The highest BCUT2D eigenvalue weighted by atomic mass is 16.1. The van der Waals surface area contributed by atoms with Gasteiger partial charge in [0.15, 0.2) is 0 Å². The standard InChI is InChI=1S/C21H33N3O/c1-16-8-9-20(24-12-10-19(11-13-24)23(2)3)18(14-16)15-22-21(25)17-6-4-5-7-17/h8-9,14,17,19H,4-7,10-13,15H2,1-3H3,(H,22,25). The molecule has 0 bridgehead atoms. The Hall–Kier alpha value is -1.55. The largest absolute Gasteiger partial charge is 0.371 e. The first-order valence-corrected chi connectivity index (χ1v) is 9.83. The van der Waals surface area contributed by atoms with Crippen molar-refractivity contribution in [3.05, 3.63) is 29.3 Å². The van der Waals surface area contributed by atoms with Crippen LogP contribution >= 0.6 is 0 Å². The van der Waals surface area contributed by atoms with Gasteiger partial charge in [0, 0.05) is 37.3 Å². The van der Waals surface area contributed by atoms with Gasteiger partial charge in [-0.1, -0.05) is 30.5 Å². The lowest BCUT2D eigenvalue weighted by molar-refractivity contribution is -0.124. The number of nitrogens with zero attached hydrogens (tertiary/aromatic N) is 2. The number of carbonyl (C=O) groups excluding carboxylic acids is 1. The Morgan fingerprint density at radius 2 is 1.84 bits per heavy atom. The highest BCUT2D eigenvalue weighted by molar-refractivity contribution is 5.79. The number of benzene rings is 1. The zero-order valence-corrected chi connectivity index (χ0v) is 16.1. The van der Waals surface area contributed by atoms with Crippen molar-refractivity contribution in [1.29, 1.82) is 0 Å². The van der Waals surface area contributed by atoms with E-state index < -0.39 is 0 Å². The topological polar surface area (TPSA) is 35.6 Å². The number of hydrogen-bond acceptors (Lipinski definition) is 3. The third kappa shape index (κ3) is 4.55. The molecule has 0 unspecified atom stereocenters. The first-order chi connectivity index (χ1) is 12.0. The molecule has 2 aliphatic rings. The molecule has 1 heterocycles. The van der Waals surface area contributed by atoms with Gasteiger partial charge < -0.3 is 15.1 Å². The zero-order valence-electron chi connectivity index (χ0n) is 16.1. The quantitative estimate of drug-likeness (QED) is 0.891. The van der Waals surface area contributed by atoms with Gasteiger partial charge in [0.1, 0.15) is 0 Å². The molecule has 4 heteroatoms. The molecule has 3 rings (SSSR count). The molecular formula is C21H33N3O. The lowest BCUT2D eigenvalue weighted by Gasteiger charge is -2.37. The molecule has 1 aliphatic heterocycles. The fourth-order valence-electron chi connectivity index (χ4n) is 4.30. The number of amides is 1. The van der Waals surface area contributed by atoms with Crippen molar-refractivity contribution in [3.8, 4) is 0 Å². The first kappa shape index (κ1) is 18.2. The van der Waals surface area contributed by atoms with Crippen LogP contribution in [-0.2, 0) is 11.3 Å². The van der Waals surface area contributed by atoms with Crippen LogP contribution in [0.1, 0.15) is 49.7 Å². The number of nitrogens with one attached hydrogen (secondary N) is 1. The summed E-state index contributed by atoms with van der Waals surface area (Å²) in [6.07, 6.45) is 6.93. The van der Waals surface area contributed by atoms with E-state index in [0.29, 0.717) is 12.6 Å². The predicted molar refractivity (Wildman–Crippen MR) is 104 cm³/mol. The number of hydrogen-bond donors (Lipinski definition) is 1.